The Morgan fingerprint density at radius 3 is 2.32 bits per heavy atom. The van der Waals surface area contributed by atoms with Crippen molar-refractivity contribution in [3.8, 4) is 28.5 Å². The predicted octanol–water partition coefficient (Wildman–Crippen LogP) is 4.27. The van der Waals surface area contributed by atoms with Gasteiger partial charge < -0.3 is 38.5 Å². The van der Waals surface area contributed by atoms with Crippen molar-refractivity contribution in [1.29, 1.82) is 0 Å². The number of hydrogen-bond donors (Lipinski definition) is 2. The van der Waals surface area contributed by atoms with E-state index < -0.39 is 48.4 Å². The number of imidazole rings is 1. The molecule has 1 amide bonds. The summed E-state index contributed by atoms with van der Waals surface area (Å²) in [5.74, 6) is -2.01. The fraction of sp³-hybridized carbons (Fsp3) is 0.361. The van der Waals surface area contributed by atoms with E-state index in [1.807, 2.05) is 55.5 Å². The number of alkyl carbamates (subject to hydrolysis) is 1. The molecule has 4 atom stereocenters. The SMILES string of the molecule is CCOc1nc2cccc(C(=O)OC(C)(C)OC(=O)O[C@H]3CO[C@H]4[C@@H]3OC[C@H]4OC(=O)NC)c2n1Cc1ccc(-c2ccccc2-c2nn[nH]n2)cc1. The first kappa shape index (κ1) is 35.3. The molecule has 2 aliphatic heterocycles. The lowest BCUT2D eigenvalue weighted by molar-refractivity contribution is -0.162. The molecule has 2 fully saturated rings. The number of aromatic amines is 1. The third-order valence-electron chi connectivity index (χ3n) is 8.68. The van der Waals surface area contributed by atoms with Crippen LogP contribution in [-0.2, 0) is 35.0 Å². The Balaban J connectivity index is 1.06. The molecule has 2 saturated heterocycles. The van der Waals surface area contributed by atoms with Crippen LogP contribution in [0.4, 0.5) is 9.59 Å². The summed E-state index contributed by atoms with van der Waals surface area (Å²) in [6.07, 6.45) is -4.48. The fourth-order valence-corrected chi connectivity index (χ4v) is 6.37. The monoisotopic (exact) mass is 727 g/mol. The number of hydrogen-bond acceptors (Lipinski definition) is 14. The van der Waals surface area contributed by atoms with Crippen molar-refractivity contribution in [1.82, 2.24) is 35.5 Å². The summed E-state index contributed by atoms with van der Waals surface area (Å²) in [6.45, 7) is 5.43. The highest BCUT2D eigenvalue weighted by molar-refractivity contribution is 6.02. The minimum absolute atomic E-state index is 0.00266. The van der Waals surface area contributed by atoms with E-state index in [2.05, 4.69) is 30.9 Å². The average Bonchev–Trinajstić information content (AvgIpc) is 3.96. The van der Waals surface area contributed by atoms with E-state index in [4.69, 9.17) is 33.2 Å². The summed E-state index contributed by atoms with van der Waals surface area (Å²) in [7, 11) is 1.44. The first-order chi connectivity index (χ1) is 25.6. The van der Waals surface area contributed by atoms with Crippen LogP contribution in [0.15, 0.2) is 66.7 Å². The number of nitrogens with zero attached hydrogens (tertiary/aromatic N) is 5. The molecule has 53 heavy (non-hydrogen) atoms. The van der Waals surface area contributed by atoms with E-state index in [9.17, 15) is 14.4 Å². The number of tetrazole rings is 1. The Morgan fingerprint density at radius 2 is 1.64 bits per heavy atom. The second-order valence-electron chi connectivity index (χ2n) is 12.7. The highest BCUT2D eigenvalue weighted by Crippen LogP contribution is 2.33. The van der Waals surface area contributed by atoms with Crippen LogP contribution in [0, 0.1) is 0 Å². The van der Waals surface area contributed by atoms with Gasteiger partial charge in [0.25, 0.3) is 11.8 Å². The molecule has 0 saturated carbocycles. The number of H-pyrrole nitrogens is 1. The molecule has 2 N–H and O–H groups in total. The number of carbonyl (C=O) groups excluding carboxylic acids is 3. The lowest BCUT2D eigenvalue weighted by Gasteiger charge is -2.26. The van der Waals surface area contributed by atoms with E-state index in [1.54, 1.807) is 22.8 Å². The Labute approximate surface area is 302 Å². The molecule has 3 aromatic carbocycles. The van der Waals surface area contributed by atoms with Crippen molar-refractivity contribution >= 4 is 29.3 Å². The molecule has 7 rings (SSSR count). The van der Waals surface area contributed by atoms with Gasteiger partial charge in [-0.25, -0.2) is 14.4 Å². The van der Waals surface area contributed by atoms with Crippen LogP contribution in [0.3, 0.4) is 0 Å². The lowest BCUT2D eigenvalue weighted by Crippen LogP contribution is -2.39. The van der Waals surface area contributed by atoms with Gasteiger partial charge in [0.2, 0.25) is 5.82 Å². The van der Waals surface area contributed by atoms with Crippen LogP contribution < -0.4 is 10.1 Å². The zero-order valence-electron chi connectivity index (χ0n) is 29.3. The number of esters is 1. The minimum atomic E-state index is -1.74. The number of aromatic nitrogens is 6. The van der Waals surface area contributed by atoms with Gasteiger partial charge in [-0.05, 0) is 41.0 Å². The Hall–Kier alpha value is -6.07. The number of benzene rings is 3. The zero-order chi connectivity index (χ0) is 37.1. The number of amides is 1. The zero-order valence-corrected chi connectivity index (χ0v) is 29.3. The molecule has 17 heteroatoms. The van der Waals surface area contributed by atoms with E-state index in [1.165, 1.54) is 20.9 Å². The van der Waals surface area contributed by atoms with Gasteiger partial charge in [0.05, 0.1) is 43.0 Å². The summed E-state index contributed by atoms with van der Waals surface area (Å²) < 4.78 is 41.0. The molecule has 5 aromatic rings. The normalized spacial score (nSPS) is 19.4. The highest BCUT2D eigenvalue weighted by atomic mass is 16.8. The first-order valence-electron chi connectivity index (χ1n) is 16.9. The van der Waals surface area contributed by atoms with Gasteiger partial charge >= 0.3 is 18.2 Å². The average molecular weight is 728 g/mol. The Bertz CT molecular complexity index is 2100. The van der Waals surface area contributed by atoms with Crippen molar-refractivity contribution in [3.05, 3.63) is 77.9 Å². The van der Waals surface area contributed by atoms with Gasteiger partial charge in [-0.1, -0.05) is 54.6 Å². The second-order valence-corrected chi connectivity index (χ2v) is 12.7. The van der Waals surface area contributed by atoms with Crippen LogP contribution in [0.2, 0.25) is 0 Å². The van der Waals surface area contributed by atoms with Gasteiger partial charge in [-0.3, -0.25) is 4.57 Å². The molecule has 2 aromatic heterocycles. The molecule has 0 unspecified atom stereocenters. The first-order valence-corrected chi connectivity index (χ1v) is 16.9. The Morgan fingerprint density at radius 1 is 0.925 bits per heavy atom. The number of para-hydroxylation sites is 1. The van der Waals surface area contributed by atoms with Crippen LogP contribution in [-0.4, -0.2) is 105 Å². The smallest absolute Gasteiger partial charge is 0.465 e. The highest BCUT2D eigenvalue weighted by Gasteiger charge is 2.51. The van der Waals surface area contributed by atoms with Crippen molar-refractivity contribution in [2.45, 2.75) is 57.5 Å². The van der Waals surface area contributed by atoms with E-state index in [0.717, 1.165) is 22.3 Å². The summed E-state index contributed by atoms with van der Waals surface area (Å²) >= 11 is 0. The summed E-state index contributed by atoms with van der Waals surface area (Å²) in [5, 5.41) is 16.8. The molecular formula is C36H37N7O10. The van der Waals surface area contributed by atoms with Gasteiger partial charge in [-0.15, -0.1) is 10.2 Å². The van der Waals surface area contributed by atoms with Gasteiger partial charge in [-0.2, -0.15) is 10.2 Å². The second kappa shape index (κ2) is 14.9. The predicted molar refractivity (Wildman–Crippen MR) is 185 cm³/mol. The van der Waals surface area contributed by atoms with Crippen molar-refractivity contribution in [3.63, 3.8) is 0 Å². The van der Waals surface area contributed by atoms with Crippen molar-refractivity contribution < 1.29 is 47.5 Å². The maximum absolute atomic E-state index is 13.8. The minimum Gasteiger partial charge on any atom is -0.465 e. The lowest BCUT2D eigenvalue weighted by atomic mass is 9.98. The number of fused-ring (bicyclic) bond motifs is 2. The number of carbonyl (C=O) groups is 3. The summed E-state index contributed by atoms with van der Waals surface area (Å²) in [6, 6.07) is 21.1. The fourth-order valence-electron chi connectivity index (χ4n) is 6.37. The molecule has 17 nitrogen and oxygen atoms in total. The molecule has 2 aliphatic rings. The van der Waals surface area contributed by atoms with E-state index in [0.29, 0.717) is 36.0 Å². The molecule has 4 heterocycles. The standard InChI is InChI=1S/C36H37N7O10/c1-5-47-33-38-25-12-8-11-24(28(25)43(33)17-20-13-15-21(16-14-20)22-9-6-7-10-23(22)31-39-41-42-40-31)32(44)52-36(2,3)53-35(46)51-27-19-49-29-26(18-48-30(27)29)50-34(45)37-4/h6-16,26-27,29-30H,5,17-19H2,1-4H3,(H,37,45)(H,39,40,41,42)/t26-,27+,29-,30-/m1/s1. The maximum atomic E-state index is 13.8. The number of rotatable bonds is 11. The Kier molecular flexibility index (Phi) is 9.92. The topological polar surface area (TPSA) is 200 Å². The molecular weight excluding hydrogens is 690 g/mol. The number of nitrogens with one attached hydrogen (secondary N) is 2. The van der Waals surface area contributed by atoms with Gasteiger partial charge in [0, 0.05) is 26.5 Å². The van der Waals surface area contributed by atoms with Gasteiger partial charge in [0.15, 0.2) is 12.2 Å². The van der Waals surface area contributed by atoms with E-state index >= 15 is 0 Å². The summed E-state index contributed by atoms with van der Waals surface area (Å²) in [5.41, 5.74) is 4.82. The van der Waals surface area contributed by atoms with Crippen molar-refractivity contribution in [2.24, 2.45) is 0 Å². The van der Waals surface area contributed by atoms with Crippen LogP contribution in [0.1, 0.15) is 36.7 Å². The number of ether oxygens (including phenoxy) is 7. The third kappa shape index (κ3) is 7.47. The molecule has 276 valence electrons. The summed E-state index contributed by atoms with van der Waals surface area (Å²) in [4.78, 5) is 43.0. The van der Waals surface area contributed by atoms with Crippen LogP contribution in [0.25, 0.3) is 33.5 Å². The molecule has 0 radical (unpaired) electrons. The third-order valence-corrected chi connectivity index (χ3v) is 8.68. The van der Waals surface area contributed by atoms with Crippen LogP contribution in [0.5, 0.6) is 6.01 Å². The molecule has 0 aliphatic carbocycles. The molecule has 0 bridgehead atoms. The van der Waals surface area contributed by atoms with Gasteiger partial charge in [0.1, 0.15) is 12.2 Å². The maximum Gasteiger partial charge on any atom is 0.512 e. The quantitative estimate of drug-likeness (QED) is 0.111. The molecule has 0 spiro atoms. The largest absolute Gasteiger partial charge is 0.512 e. The van der Waals surface area contributed by atoms with Crippen LogP contribution >= 0.6 is 0 Å². The van der Waals surface area contributed by atoms with Crippen molar-refractivity contribution in [2.75, 3.05) is 26.9 Å². The van der Waals surface area contributed by atoms with E-state index in [-0.39, 0.29) is 18.8 Å².